The maximum Gasteiger partial charge on any atom is 0.319 e. The molecule has 3 N–H and O–H groups in total. The van der Waals surface area contributed by atoms with Crippen LogP contribution in [0.2, 0.25) is 0 Å². The molecule has 0 bridgehead atoms. The molecule has 27 heavy (non-hydrogen) atoms. The summed E-state index contributed by atoms with van der Waals surface area (Å²) < 4.78 is 5.40. The van der Waals surface area contributed by atoms with Crippen molar-refractivity contribution in [2.24, 2.45) is 5.92 Å². The molecule has 148 valence electrons. The quantitative estimate of drug-likeness (QED) is 0.684. The molecule has 1 aliphatic carbocycles. The summed E-state index contributed by atoms with van der Waals surface area (Å²) in [6.45, 7) is 1.71. The van der Waals surface area contributed by atoms with E-state index in [1.807, 2.05) is 30.0 Å². The van der Waals surface area contributed by atoms with Gasteiger partial charge in [-0.05, 0) is 56.2 Å². The summed E-state index contributed by atoms with van der Waals surface area (Å²) in [7, 11) is 0. The van der Waals surface area contributed by atoms with Crippen LogP contribution >= 0.6 is 11.8 Å². The Bertz CT molecular complexity index is 641. The lowest BCUT2D eigenvalue weighted by atomic mass is 9.86. The fourth-order valence-electron chi connectivity index (χ4n) is 3.63. The third kappa shape index (κ3) is 6.43. The van der Waals surface area contributed by atoms with Crippen molar-refractivity contribution < 1.29 is 19.4 Å². The average molecular weight is 393 g/mol. The van der Waals surface area contributed by atoms with E-state index in [4.69, 9.17) is 9.84 Å². The first kappa shape index (κ1) is 20.0. The molecule has 0 radical (unpaired) electrons. The van der Waals surface area contributed by atoms with Gasteiger partial charge in [0, 0.05) is 35.9 Å². The van der Waals surface area contributed by atoms with Crippen molar-refractivity contribution in [3.05, 3.63) is 29.8 Å². The zero-order valence-electron chi connectivity index (χ0n) is 15.5. The number of carbonyl (C=O) groups is 2. The number of carboxylic acids is 1. The fraction of sp³-hybridized carbons (Fsp3) is 0.600. The Labute approximate surface area is 164 Å². The molecule has 2 fully saturated rings. The molecule has 3 rings (SSSR count). The number of benzene rings is 1. The maximum atomic E-state index is 12.3. The van der Waals surface area contributed by atoms with Crippen LogP contribution in [0.1, 0.15) is 44.1 Å². The number of amides is 2. The Kier molecular flexibility index (Phi) is 7.41. The van der Waals surface area contributed by atoms with Crippen LogP contribution in [0.25, 0.3) is 0 Å². The Morgan fingerprint density at radius 2 is 1.85 bits per heavy atom. The van der Waals surface area contributed by atoms with Gasteiger partial charge in [-0.2, -0.15) is 11.8 Å². The smallest absolute Gasteiger partial charge is 0.319 e. The summed E-state index contributed by atoms with van der Waals surface area (Å²) in [5.74, 6) is -0.0644. The third-order valence-electron chi connectivity index (χ3n) is 5.25. The van der Waals surface area contributed by atoms with Gasteiger partial charge in [0.15, 0.2) is 0 Å². The molecule has 0 spiro atoms. The first-order valence-corrected chi connectivity index (χ1v) is 10.7. The summed E-state index contributed by atoms with van der Waals surface area (Å²) in [6.07, 6.45) is 4.89. The number of anilines is 1. The minimum Gasteiger partial charge on any atom is -0.481 e. The molecule has 1 aromatic rings. The first-order chi connectivity index (χ1) is 13.1. The van der Waals surface area contributed by atoms with Gasteiger partial charge in [-0.15, -0.1) is 0 Å². The van der Waals surface area contributed by atoms with E-state index >= 15 is 0 Å². The van der Waals surface area contributed by atoms with E-state index in [9.17, 15) is 9.59 Å². The van der Waals surface area contributed by atoms with Crippen molar-refractivity contribution in [3.63, 3.8) is 0 Å². The number of rotatable bonds is 6. The Morgan fingerprint density at radius 3 is 2.56 bits per heavy atom. The minimum atomic E-state index is -0.728. The highest BCUT2D eigenvalue weighted by molar-refractivity contribution is 7.99. The van der Waals surface area contributed by atoms with Crippen LogP contribution < -0.4 is 10.6 Å². The molecule has 1 saturated heterocycles. The van der Waals surface area contributed by atoms with Gasteiger partial charge < -0.3 is 20.5 Å². The second-order valence-corrected chi connectivity index (χ2v) is 8.60. The molecule has 1 heterocycles. The van der Waals surface area contributed by atoms with E-state index in [-0.39, 0.29) is 18.0 Å². The number of ether oxygens (including phenoxy) is 1. The van der Waals surface area contributed by atoms with Gasteiger partial charge in [0.2, 0.25) is 0 Å². The number of nitrogens with one attached hydrogen (secondary N) is 2. The molecule has 1 aliphatic heterocycles. The van der Waals surface area contributed by atoms with Gasteiger partial charge >= 0.3 is 12.0 Å². The summed E-state index contributed by atoms with van der Waals surface area (Å²) in [5, 5.41) is 15.6. The highest BCUT2D eigenvalue weighted by Gasteiger charge is 2.26. The predicted octanol–water partition coefficient (Wildman–Crippen LogP) is 3.86. The Balaban J connectivity index is 1.43. The van der Waals surface area contributed by atoms with Crippen molar-refractivity contribution in [3.8, 4) is 0 Å². The lowest BCUT2D eigenvalue weighted by molar-refractivity contribution is -0.142. The minimum absolute atomic E-state index is 0.0489. The van der Waals surface area contributed by atoms with Gasteiger partial charge in [0.1, 0.15) is 0 Å². The second-order valence-electron chi connectivity index (χ2n) is 7.31. The molecule has 7 heteroatoms. The molecular formula is C20H28N2O4S. The Hall–Kier alpha value is -1.73. The van der Waals surface area contributed by atoms with Gasteiger partial charge in [-0.25, -0.2) is 4.79 Å². The molecule has 2 aliphatic rings. The average Bonchev–Trinajstić information content (AvgIpc) is 2.68. The normalized spacial score (nSPS) is 23.6. The monoisotopic (exact) mass is 392 g/mol. The first-order valence-electron chi connectivity index (χ1n) is 9.69. The summed E-state index contributed by atoms with van der Waals surface area (Å²) in [5.41, 5.74) is 1.99. The van der Waals surface area contributed by atoms with Crippen molar-refractivity contribution in [2.45, 2.75) is 55.6 Å². The Morgan fingerprint density at radius 1 is 1.11 bits per heavy atom. The summed E-state index contributed by atoms with van der Waals surface area (Å²) in [6, 6.07) is 7.79. The zero-order chi connectivity index (χ0) is 19.1. The van der Waals surface area contributed by atoms with Gasteiger partial charge in [0.25, 0.3) is 0 Å². The molecular weight excluding hydrogens is 364 g/mol. The van der Waals surface area contributed by atoms with Crippen molar-refractivity contribution >= 4 is 29.4 Å². The largest absolute Gasteiger partial charge is 0.481 e. The van der Waals surface area contributed by atoms with Crippen LogP contribution in [0.5, 0.6) is 0 Å². The van der Waals surface area contributed by atoms with Crippen LogP contribution in [-0.4, -0.2) is 41.6 Å². The van der Waals surface area contributed by atoms with Crippen molar-refractivity contribution in [2.75, 3.05) is 18.5 Å². The number of carbonyl (C=O) groups excluding carboxylic acids is 1. The summed E-state index contributed by atoms with van der Waals surface area (Å²) >= 11 is 1.95. The van der Waals surface area contributed by atoms with E-state index in [2.05, 4.69) is 16.7 Å². The van der Waals surface area contributed by atoms with E-state index in [1.165, 1.54) is 5.56 Å². The van der Waals surface area contributed by atoms with Gasteiger partial charge in [0.05, 0.1) is 5.92 Å². The topological polar surface area (TPSA) is 87.7 Å². The van der Waals surface area contributed by atoms with Crippen molar-refractivity contribution in [1.82, 2.24) is 5.32 Å². The molecule has 1 saturated carbocycles. The second kappa shape index (κ2) is 9.99. The molecule has 0 unspecified atom stereocenters. The van der Waals surface area contributed by atoms with Crippen LogP contribution in [0.4, 0.5) is 10.5 Å². The van der Waals surface area contributed by atoms with E-state index in [1.54, 1.807) is 0 Å². The van der Waals surface area contributed by atoms with E-state index in [0.29, 0.717) is 30.9 Å². The number of thioether (sulfide) groups is 1. The zero-order valence-corrected chi connectivity index (χ0v) is 16.3. The molecule has 0 aromatic heterocycles. The number of urea groups is 1. The standard InChI is InChI=1S/C20H28N2O4S/c23-19(24)15-4-6-16(7-5-15)21-20(25)22-17-3-1-2-14(12-17)13-27-18-8-10-26-11-9-18/h1-3,12,15-16,18H,4-11,13H2,(H,23,24)(H2,21,22,25). The SMILES string of the molecule is O=C(Nc1cccc(CSC2CCOCC2)c1)NC1CCC(C(=O)O)CC1. The fourth-order valence-corrected chi connectivity index (χ4v) is 4.77. The van der Waals surface area contributed by atoms with Crippen LogP contribution in [0.3, 0.4) is 0 Å². The lowest BCUT2D eigenvalue weighted by Gasteiger charge is -2.26. The number of carboxylic acid groups (broad SMARTS) is 1. The summed E-state index contributed by atoms with van der Waals surface area (Å²) in [4.78, 5) is 23.3. The van der Waals surface area contributed by atoms with Gasteiger partial charge in [-0.1, -0.05) is 12.1 Å². The molecule has 0 atom stereocenters. The van der Waals surface area contributed by atoms with Crippen LogP contribution in [-0.2, 0) is 15.3 Å². The molecule has 1 aromatic carbocycles. The maximum absolute atomic E-state index is 12.3. The van der Waals surface area contributed by atoms with Crippen molar-refractivity contribution in [1.29, 1.82) is 0 Å². The van der Waals surface area contributed by atoms with E-state index in [0.717, 1.165) is 37.5 Å². The van der Waals surface area contributed by atoms with Gasteiger partial charge in [-0.3, -0.25) is 4.79 Å². The molecule has 2 amide bonds. The highest BCUT2D eigenvalue weighted by Crippen LogP contribution is 2.27. The number of hydrogen-bond acceptors (Lipinski definition) is 4. The van der Waals surface area contributed by atoms with Crippen LogP contribution in [0, 0.1) is 5.92 Å². The number of aliphatic carboxylic acids is 1. The molecule has 6 nitrogen and oxygen atoms in total. The third-order valence-corrected chi connectivity index (χ3v) is 6.69. The predicted molar refractivity (Wildman–Crippen MR) is 107 cm³/mol. The van der Waals surface area contributed by atoms with E-state index < -0.39 is 5.97 Å². The lowest BCUT2D eigenvalue weighted by Crippen LogP contribution is -2.40. The number of hydrogen-bond donors (Lipinski definition) is 3. The van der Waals surface area contributed by atoms with Crippen LogP contribution in [0.15, 0.2) is 24.3 Å². The highest BCUT2D eigenvalue weighted by atomic mass is 32.2.